The van der Waals surface area contributed by atoms with E-state index in [9.17, 15) is 18.8 Å². The first-order chi connectivity index (χ1) is 16.4. The fourth-order valence-electron chi connectivity index (χ4n) is 3.82. The molecule has 0 saturated carbocycles. The average Bonchev–Trinajstić information content (AvgIpc) is 3.53. The van der Waals surface area contributed by atoms with E-state index in [1.54, 1.807) is 25.1 Å². The van der Waals surface area contributed by atoms with Crippen LogP contribution in [0.25, 0.3) is 17.4 Å². The molecule has 0 aliphatic carbocycles. The topological polar surface area (TPSA) is 126 Å². The SMILES string of the molecule is Cc1cc(=O)[nH]c(-n2nc(-c3ccco3)cc2NC(=O)C2CC(=O)N(c3ccc(F)cc3)C2)n1. The molecule has 34 heavy (non-hydrogen) atoms. The lowest BCUT2D eigenvalue weighted by Gasteiger charge is -2.16. The standard InChI is InChI=1S/C23H19FN6O4/c1-13-9-20(31)27-23(25-13)30-19(11-17(28-30)18-3-2-8-34-18)26-22(33)14-10-21(32)29(12-14)16-6-4-15(24)5-7-16/h2-9,11,14H,10,12H2,1H3,(H,26,33)(H,25,27,31). The van der Waals surface area contributed by atoms with Crippen LogP contribution in [0, 0.1) is 18.7 Å². The predicted octanol–water partition coefficient (Wildman–Crippen LogP) is 2.65. The van der Waals surface area contributed by atoms with Gasteiger partial charge in [-0.25, -0.2) is 9.37 Å². The van der Waals surface area contributed by atoms with Crippen LogP contribution in [0.4, 0.5) is 15.9 Å². The van der Waals surface area contributed by atoms with E-state index < -0.39 is 17.6 Å². The molecule has 4 heterocycles. The number of rotatable bonds is 5. The lowest BCUT2D eigenvalue weighted by molar-refractivity contribution is -0.122. The van der Waals surface area contributed by atoms with Gasteiger partial charge < -0.3 is 14.6 Å². The fourth-order valence-corrected chi connectivity index (χ4v) is 3.82. The Morgan fingerprint density at radius 1 is 1.21 bits per heavy atom. The summed E-state index contributed by atoms with van der Waals surface area (Å²) in [6, 6.07) is 11.9. The van der Waals surface area contributed by atoms with E-state index >= 15 is 0 Å². The monoisotopic (exact) mass is 462 g/mol. The maximum absolute atomic E-state index is 13.2. The zero-order valence-electron chi connectivity index (χ0n) is 18.0. The number of halogens is 1. The van der Waals surface area contributed by atoms with E-state index in [1.807, 2.05) is 0 Å². The minimum atomic E-state index is -0.641. The number of aromatic nitrogens is 4. The summed E-state index contributed by atoms with van der Waals surface area (Å²) < 4.78 is 19.9. The van der Waals surface area contributed by atoms with E-state index in [0.717, 1.165) is 0 Å². The number of carbonyl (C=O) groups is 2. The van der Waals surface area contributed by atoms with Gasteiger partial charge in [-0.15, -0.1) is 0 Å². The lowest BCUT2D eigenvalue weighted by Crippen LogP contribution is -2.28. The second kappa shape index (κ2) is 8.43. The van der Waals surface area contributed by atoms with Gasteiger partial charge in [0.25, 0.3) is 5.56 Å². The van der Waals surface area contributed by atoms with Crippen molar-refractivity contribution >= 4 is 23.3 Å². The Kier molecular flexibility index (Phi) is 5.28. The number of amides is 2. The number of aryl methyl sites for hydroxylation is 1. The number of anilines is 2. The Hall–Kier alpha value is -4.54. The average molecular weight is 462 g/mol. The van der Waals surface area contributed by atoms with Crippen molar-refractivity contribution in [1.29, 1.82) is 0 Å². The van der Waals surface area contributed by atoms with Crippen LogP contribution in [0.3, 0.4) is 0 Å². The predicted molar refractivity (Wildman–Crippen MR) is 120 cm³/mol. The molecular weight excluding hydrogens is 443 g/mol. The number of H-pyrrole nitrogens is 1. The summed E-state index contributed by atoms with van der Waals surface area (Å²) in [5, 5.41) is 7.23. The van der Waals surface area contributed by atoms with Crippen molar-refractivity contribution in [1.82, 2.24) is 19.7 Å². The van der Waals surface area contributed by atoms with Crippen LogP contribution in [-0.4, -0.2) is 38.1 Å². The first-order valence-electron chi connectivity index (χ1n) is 10.5. The Morgan fingerprint density at radius 3 is 2.71 bits per heavy atom. The first kappa shape index (κ1) is 21.3. The zero-order valence-corrected chi connectivity index (χ0v) is 18.0. The number of benzene rings is 1. The fraction of sp³-hybridized carbons (Fsp3) is 0.174. The molecule has 4 aromatic rings. The van der Waals surface area contributed by atoms with E-state index in [0.29, 0.717) is 22.8 Å². The molecule has 0 bridgehead atoms. The van der Waals surface area contributed by atoms with Crippen molar-refractivity contribution in [3.63, 3.8) is 0 Å². The van der Waals surface area contributed by atoms with E-state index in [1.165, 1.54) is 46.2 Å². The summed E-state index contributed by atoms with van der Waals surface area (Å²) in [6.45, 7) is 1.82. The summed E-state index contributed by atoms with van der Waals surface area (Å²) in [7, 11) is 0. The van der Waals surface area contributed by atoms with Crippen LogP contribution in [0.5, 0.6) is 0 Å². The van der Waals surface area contributed by atoms with Crippen LogP contribution in [0.1, 0.15) is 12.1 Å². The molecule has 1 atom stereocenters. The molecule has 5 rings (SSSR count). The van der Waals surface area contributed by atoms with Crippen LogP contribution in [0.15, 0.2) is 64.0 Å². The quantitative estimate of drug-likeness (QED) is 0.470. The van der Waals surface area contributed by atoms with Gasteiger partial charge in [-0.2, -0.15) is 9.78 Å². The van der Waals surface area contributed by atoms with Gasteiger partial charge in [-0.1, -0.05) is 0 Å². The summed E-state index contributed by atoms with van der Waals surface area (Å²) >= 11 is 0. The molecule has 1 aromatic carbocycles. The molecular formula is C23H19FN6O4. The van der Waals surface area contributed by atoms with Gasteiger partial charge in [0.05, 0.1) is 12.2 Å². The molecule has 3 aromatic heterocycles. The third kappa shape index (κ3) is 4.10. The minimum absolute atomic E-state index is 0.00190. The number of furan rings is 1. The Bertz CT molecular complexity index is 1420. The Balaban J connectivity index is 1.43. The molecule has 1 saturated heterocycles. The summed E-state index contributed by atoms with van der Waals surface area (Å²) in [4.78, 5) is 46.0. The van der Waals surface area contributed by atoms with Crippen LogP contribution in [0.2, 0.25) is 0 Å². The van der Waals surface area contributed by atoms with E-state index in [4.69, 9.17) is 4.42 Å². The first-order valence-corrected chi connectivity index (χ1v) is 10.5. The molecule has 0 spiro atoms. The third-order valence-corrected chi connectivity index (χ3v) is 5.43. The number of hydrogen-bond acceptors (Lipinski definition) is 6. The number of aromatic amines is 1. The second-order valence-corrected chi connectivity index (χ2v) is 7.89. The van der Waals surface area contributed by atoms with Crippen molar-refractivity contribution < 1.29 is 18.4 Å². The molecule has 11 heteroatoms. The highest BCUT2D eigenvalue weighted by Gasteiger charge is 2.35. The zero-order chi connectivity index (χ0) is 23.8. The summed E-state index contributed by atoms with van der Waals surface area (Å²) in [5.41, 5.74) is 1.04. The molecule has 2 amide bonds. The minimum Gasteiger partial charge on any atom is -0.463 e. The number of carbonyl (C=O) groups excluding carboxylic acids is 2. The molecule has 10 nitrogen and oxygen atoms in total. The van der Waals surface area contributed by atoms with Gasteiger partial charge in [0, 0.05) is 36.5 Å². The van der Waals surface area contributed by atoms with Crippen LogP contribution in [-0.2, 0) is 9.59 Å². The molecule has 1 aliphatic rings. The van der Waals surface area contributed by atoms with Crippen molar-refractivity contribution in [2.75, 3.05) is 16.8 Å². The normalized spacial score (nSPS) is 15.6. The van der Waals surface area contributed by atoms with Crippen molar-refractivity contribution in [2.45, 2.75) is 13.3 Å². The molecule has 1 unspecified atom stereocenters. The largest absolute Gasteiger partial charge is 0.463 e. The number of nitrogens with zero attached hydrogens (tertiary/aromatic N) is 4. The van der Waals surface area contributed by atoms with E-state index in [2.05, 4.69) is 20.4 Å². The summed E-state index contributed by atoms with van der Waals surface area (Å²) in [5.74, 6) is -0.860. The van der Waals surface area contributed by atoms with Gasteiger partial charge in [-0.3, -0.25) is 19.4 Å². The molecule has 172 valence electrons. The second-order valence-electron chi connectivity index (χ2n) is 7.89. The summed E-state index contributed by atoms with van der Waals surface area (Å²) in [6.07, 6.45) is 1.50. The van der Waals surface area contributed by atoms with Gasteiger partial charge in [0.15, 0.2) is 5.76 Å². The molecule has 0 radical (unpaired) electrons. The number of nitrogens with one attached hydrogen (secondary N) is 2. The van der Waals surface area contributed by atoms with Crippen molar-refractivity contribution in [3.8, 4) is 17.4 Å². The van der Waals surface area contributed by atoms with Gasteiger partial charge in [0.1, 0.15) is 17.3 Å². The van der Waals surface area contributed by atoms with Gasteiger partial charge >= 0.3 is 0 Å². The maximum Gasteiger partial charge on any atom is 0.252 e. The molecule has 1 aliphatic heterocycles. The van der Waals surface area contributed by atoms with Crippen LogP contribution >= 0.6 is 0 Å². The number of hydrogen-bond donors (Lipinski definition) is 2. The molecule has 2 N–H and O–H groups in total. The van der Waals surface area contributed by atoms with Crippen molar-refractivity contribution in [2.24, 2.45) is 5.92 Å². The Morgan fingerprint density at radius 2 is 2.00 bits per heavy atom. The highest BCUT2D eigenvalue weighted by atomic mass is 19.1. The smallest absolute Gasteiger partial charge is 0.252 e. The van der Waals surface area contributed by atoms with Gasteiger partial charge in [-0.05, 0) is 43.3 Å². The van der Waals surface area contributed by atoms with Crippen LogP contribution < -0.4 is 15.8 Å². The third-order valence-electron chi connectivity index (χ3n) is 5.43. The Labute approximate surface area is 192 Å². The van der Waals surface area contributed by atoms with Gasteiger partial charge in [0.2, 0.25) is 17.8 Å². The molecule has 1 fully saturated rings. The van der Waals surface area contributed by atoms with Crippen molar-refractivity contribution in [3.05, 3.63) is 76.7 Å². The van der Waals surface area contributed by atoms with E-state index in [-0.39, 0.29) is 36.2 Å². The maximum atomic E-state index is 13.2. The highest BCUT2D eigenvalue weighted by molar-refractivity contribution is 6.03. The highest BCUT2D eigenvalue weighted by Crippen LogP contribution is 2.28. The lowest BCUT2D eigenvalue weighted by atomic mass is 10.1.